The van der Waals surface area contributed by atoms with Gasteiger partial charge in [-0.3, -0.25) is 4.79 Å². The summed E-state index contributed by atoms with van der Waals surface area (Å²) < 4.78 is 11.7. The molecular formula is C21H14BrClN2O4. The summed E-state index contributed by atoms with van der Waals surface area (Å²) in [4.78, 5) is 16.6. The first-order valence-corrected chi connectivity index (χ1v) is 9.73. The van der Waals surface area contributed by atoms with Crippen LogP contribution in [0, 0.1) is 0 Å². The monoisotopic (exact) mass is 472 g/mol. The van der Waals surface area contributed by atoms with Crippen LogP contribution in [0.2, 0.25) is 5.02 Å². The number of anilines is 1. The zero-order valence-corrected chi connectivity index (χ0v) is 17.2. The number of nitrogens with zero attached hydrogens (tertiary/aromatic N) is 1. The average Bonchev–Trinajstić information content (AvgIpc) is 3.13. The van der Waals surface area contributed by atoms with Crippen molar-refractivity contribution < 1.29 is 19.1 Å². The molecule has 0 aliphatic carbocycles. The molecule has 0 saturated carbocycles. The number of carbonyl (C=O) groups excluding carboxylic acids is 1. The number of benzene rings is 3. The number of carbonyl (C=O) groups is 1. The van der Waals surface area contributed by atoms with Crippen molar-refractivity contribution in [1.29, 1.82) is 0 Å². The Hall–Kier alpha value is -3.03. The van der Waals surface area contributed by atoms with E-state index < -0.39 is 0 Å². The van der Waals surface area contributed by atoms with E-state index >= 15 is 0 Å². The van der Waals surface area contributed by atoms with Gasteiger partial charge in [-0.1, -0.05) is 23.7 Å². The number of amides is 1. The van der Waals surface area contributed by atoms with Crippen molar-refractivity contribution in [3.63, 3.8) is 0 Å². The van der Waals surface area contributed by atoms with Crippen LogP contribution in [0.1, 0.15) is 0 Å². The largest absolute Gasteiger partial charge is 0.507 e. The van der Waals surface area contributed by atoms with Crippen molar-refractivity contribution in [2.24, 2.45) is 0 Å². The van der Waals surface area contributed by atoms with Gasteiger partial charge in [0, 0.05) is 11.3 Å². The third-order valence-electron chi connectivity index (χ3n) is 4.06. The van der Waals surface area contributed by atoms with E-state index in [-0.39, 0.29) is 18.3 Å². The SMILES string of the molecule is O=C(COc1ccccc1Cl)Nc1ccc2oc(-c3ccc(O)c(Br)c3)nc2c1. The quantitative estimate of drug-likeness (QED) is 0.392. The van der Waals surface area contributed by atoms with Crippen LogP contribution in [0.5, 0.6) is 11.5 Å². The number of hydrogen-bond acceptors (Lipinski definition) is 5. The lowest BCUT2D eigenvalue weighted by Crippen LogP contribution is -2.20. The predicted molar refractivity (Wildman–Crippen MR) is 114 cm³/mol. The molecule has 1 amide bonds. The van der Waals surface area contributed by atoms with Crippen LogP contribution in [0.3, 0.4) is 0 Å². The maximum absolute atomic E-state index is 12.2. The molecule has 29 heavy (non-hydrogen) atoms. The summed E-state index contributed by atoms with van der Waals surface area (Å²) in [6.45, 7) is -0.173. The molecule has 8 heteroatoms. The number of aromatic nitrogens is 1. The van der Waals surface area contributed by atoms with E-state index in [0.29, 0.717) is 43.5 Å². The molecule has 0 atom stereocenters. The molecule has 0 aliphatic rings. The summed E-state index contributed by atoms with van der Waals surface area (Å²) in [6.07, 6.45) is 0. The van der Waals surface area contributed by atoms with Crippen LogP contribution in [0.4, 0.5) is 5.69 Å². The Kier molecular flexibility index (Phi) is 5.42. The van der Waals surface area contributed by atoms with Gasteiger partial charge in [-0.05, 0) is 64.5 Å². The summed E-state index contributed by atoms with van der Waals surface area (Å²) in [7, 11) is 0. The summed E-state index contributed by atoms with van der Waals surface area (Å²) in [5.74, 6) is 0.663. The van der Waals surface area contributed by atoms with Gasteiger partial charge in [-0.15, -0.1) is 0 Å². The predicted octanol–water partition coefficient (Wildman–Crippen LogP) is 5.63. The van der Waals surface area contributed by atoms with Crippen molar-refractivity contribution in [3.05, 3.63) is 70.2 Å². The third-order valence-corrected chi connectivity index (χ3v) is 5.01. The van der Waals surface area contributed by atoms with E-state index in [1.165, 1.54) is 0 Å². The number of rotatable bonds is 5. The Morgan fingerprint density at radius 2 is 2.00 bits per heavy atom. The minimum absolute atomic E-state index is 0.133. The van der Waals surface area contributed by atoms with Crippen LogP contribution in [0.15, 0.2) is 69.6 Å². The van der Waals surface area contributed by atoms with Crippen molar-refractivity contribution in [1.82, 2.24) is 4.98 Å². The van der Waals surface area contributed by atoms with Crippen molar-refractivity contribution in [3.8, 4) is 23.0 Å². The standard InChI is InChI=1S/C21H14BrClN2O4/c22-14-9-12(5-7-17(14)26)21-25-16-10-13(6-8-19(16)29-21)24-20(27)11-28-18-4-2-1-3-15(18)23/h1-10,26H,11H2,(H,24,27). The van der Waals surface area contributed by atoms with E-state index in [1.807, 2.05) is 0 Å². The summed E-state index contributed by atoms with van der Waals surface area (Å²) in [5.41, 5.74) is 2.45. The number of para-hydroxylation sites is 1. The molecular weight excluding hydrogens is 460 g/mol. The Bertz CT molecular complexity index is 1210. The van der Waals surface area contributed by atoms with Crippen molar-refractivity contribution >= 4 is 50.2 Å². The van der Waals surface area contributed by atoms with Crippen LogP contribution in [-0.4, -0.2) is 22.6 Å². The van der Waals surface area contributed by atoms with Gasteiger partial charge in [-0.2, -0.15) is 0 Å². The van der Waals surface area contributed by atoms with Gasteiger partial charge in [-0.25, -0.2) is 4.98 Å². The van der Waals surface area contributed by atoms with Gasteiger partial charge < -0.3 is 19.6 Å². The first kappa shape index (κ1) is 19.3. The minimum atomic E-state index is -0.324. The fourth-order valence-electron chi connectivity index (χ4n) is 2.67. The van der Waals surface area contributed by atoms with E-state index in [0.717, 1.165) is 0 Å². The maximum atomic E-state index is 12.2. The fourth-order valence-corrected chi connectivity index (χ4v) is 3.24. The minimum Gasteiger partial charge on any atom is -0.507 e. The molecule has 1 heterocycles. The molecule has 1 aromatic heterocycles. The molecule has 2 N–H and O–H groups in total. The molecule has 6 nitrogen and oxygen atoms in total. The average molecular weight is 474 g/mol. The number of phenols is 1. The number of oxazole rings is 1. The molecule has 0 saturated heterocycles. The number of hydrogen-bond donors (Lipinski definition) is 2. The number of phenolic OH excluding ortho intramolecular Hbond substituents is 1. The molecule has 4 aromatic rings. The molecule has 3 aromatic carbocycles. The topological polar surface area (TPSA) is 84.6 Å². The fraction of sp³-hybridized carbons (Fsp3) is 0.0476. The van der Waals surface area contributed by atoms with Crippen molar-refractivity contribution in [2.75, 3.05) is 11.9 Å². The van der Waals surface area contributed by atoms with Gasteiger partial charge in [0.15, 0.2) is 12.2 Å². The summed E-state index contributed by atoms with van der Waals surface area (Å²) >= 11 is 9.29. The molecule has 0 unspecified atom stereocenters. The zero-order chi connectivity index (χ0) is 20.4. The van der Waals surface area contributed by atoms with Crippen LogP contribution >= 0.6 is 27.5 Å². The summed E-state index contributed by atoms with van der Waals surface area (Å²) in [6, 6.07) is 17.1. The lowest BCUT2D eigenvalue weighted by molar-refractivity contribution is -0.118. The lowest BCUT2D eigenvalue weighted by atomic mass is 10.2. The maximum Gasteiger partial charge on any atom is 0.262 e. The zero-order valence-electron chi connectivity index (χ0n) is 14.9. The Balaban J connectivity index is 1.48. The highest BCUT2D eigenvalue weighted by atomic mass is 79.9. The van der Waals surface area contributed by atoms with Gasteiger partial charge in [0.1, 0.15) is 17.0 Å². The van der Waals surface area contributed by atoms with Gasteiger partial charge >= 0.3 is 0 Å². The van der Waals surface area contributed by atoms with E-state index in [1.54, 1.807) is 60.7 Å². The number of fused-ring (bicyclic) bond motifs is 1. The smallest absolute Gasteiger partial charge is 0.262 e. The summed E-state index contributed by atoms with van der Waals surface area (Å²) in [5, 5.41) is 12.8. The second-order valence-corrected chi connectivity index (χ2v) is 7.40. The first-order chi connectivity index (χ1) is 14.0. The lowest BCUT2D eigenvalue weighted by Gasteiger charge is -2.08. The molecule has 0 radical (unpaired) electrons. The Labute approximate surface area is 179 Å². The molecule has 0 spiro atoms. The Morgan fingerprint density at radius 1 is 1.17 bits per heavy atom. The van der Waals surface area contributed by atoms with E-state index in [9.17, 15) is 9.90 Å². The molecule has 0 bridgehead atoms. The second kappa shape index (κ2) is 8.14. The van der Waals surface area contributed by atoms with Crippen LogP contribution in [-0.2, 0) is 4.79 Å². The van der Waals surface area contributed by atoms with Crippen LogP contribution < -0.4 is 10.1 Å². The first-order valence-electron chi connectivity index (χ1n) is 8.56. The number of aromatic hydroxyl groups is 1. The van der Waals surface area contributed by atoms with Gasteiger partial charge in [0.25, 0.3) is 5.91 Å². The van der Waals surface area contributed by atoms with Crippen LogP contribution in [0.25, 0.3) is 22.6 Å². The van der Waals surface area contributed by atoms with E-state index in [4.69, 9.17) is 20.8 Å². The molecule has 0 aliphatic heterocycles. The number of halogens is 2. The molecule has 4 rings (SSSR count). The van der Waals surface area contributed by atoms with Gasteiger partial charge in [0.2, 0.25) is 5.89 Å². The highest BCUT2D eigenvalue weighted by Gasteiger charge is 2.12. The highest BCUT2D eigenvalue weighted by Crippen LogP contribution is 2.31. The molecule has 0 fully saturated rings. The van der Waals surface area contributed by atoms with E-state index in [2.05, 4.69) is 26.2 Å². The highest BCUT2D eigenvalue weighted by molar-refractivity contribution is 9.10. The number of ether oxygens (including phenoxy) is 1. The van der Waals surface area contributed by atoms with Crippen molar-refractivity contribution in [2.45, 2.75) is 0 Å². The van der Waals surface area contributed by atoms with Gasteiger partial charge in [0.05, 0.1) is 9.50 Å². The Morgan fingerprint density at radius 3 is 2.79 bits per heavy atom. The second-order valence-electron chi connectivity index (χ2n) is 6.13. The molecule has 146 valence electrons. The third kappa shape index (κ3) is 4.36. The number of nitrogens with one attached hydrogen (secondary N) is 1. The normalized spacial score (nSPS) is 10.8.